The highest BCUT2D eigenvalue weighted by atomic mass is 14.6. The largest absolute Gasteiger partial charge is 0.324 e. The lowest BCUT2D eigenvalue weighted by molar-refractivity contribution is 0.509. The molecule has 0 spiro atoms. The van der Waals surface area contributed by atoms with Gasteiger partial charge in [-0.25, -0.2) is 0 Å². The van der Waals surface area contributed by atoms with Gasteiger partial charge in [-0.05, 0) is 42.7 Å². The van der Waals surface area contributed by atoms with Crippen LogP contribution >= 0.6 is 0 Å². The summed E-state index contributed by atoms with van der Waals surface area (Å²) in [7, 11) is 0. The fourth-order valence-corrected chi connectivity index (χ4v) is 2.43. The highest BCUT2D eigenvalue weighted by molar-refractivity contribution is 5.43. The summed E-state index contributed by atoms with van der Waals surface area (Å²) in [4.78, 5) is 0. The second-order valence-electron chi connectivity index (χ2n) is 4.22. The van der Waals surface area contributed by atoms with Crippen molar-refractivity contribution in [1.29, 1.82) is 0 Å². The van der Waals surface area contributed by atoms with E-state index in [1.54, 1.807) is 5.57 Å². The molecule has 1 nitrogen and oxygen atoms in total. The summed E-state index contributed by atoms with van der Waals surface area (Å²) in [6.07, 6.45) is 11.0. The molecule has 0 saturated heterocycles. The summed E-state index contributed by atoms with van der Waals surface area (Å²) in [5, 5.41) is 0. The molecule has 2 aliphatic rings. The van der Waals surface area contributed by atoms with Crippen molar-refractivity contribution in [3.63, 3.8) is 0 Å². The molecule has 1 heteroatoms. The van der Waals surface area contributed by atoms with Crippen molar-refractivity contribution < 1.29 is 0 Å². The van der Waals surface area contributed by atoms with Gasteiger partial charge < -0.3 is 5.73 Å². The second-order valence-corrected chi connectivity index (χ2v) is 4.22. The number of nitrogens with two attached hydrogens (primary N) is 1. The molecule has 0 bridgehead atoms. The van der Waals surface area contributed by atoms with Gasteiger partial charge in [-0.15, -0.1) is 0 Å². The molecule has 2 rings (SSSR count). The zero-order valence-electron chi connectivity index (χ0n) is 8.42. The third kappa shape index (κ3) is 1.58. The highest BCUT2D eigenvalue weighted by Crippen LogP contribution is 2.39. The van der Waals surface area contributed by atoms with E-state index < -0.39 is 0 Å². The van der Waals surface area contributed by atoms with E-state index >= 15 is 0 Å². The van der Waals surface area contributed by atoms with Gasteiger partial charge in [0, 0.05) is 6.04 Å². The molecule has 0 aliphatic heterocycles. The lowest BCUT2D eigenvalue weighted by atomic mass is 9.76. The van der Waals surface area contributed by atoms with Gasteiger partial charge in [0.1, 0.15) is 0 Å². The van der Waals surface area contributed by atoms with Crippen molar-refractivity contribution in [1.82, 2.24) is 0 Å². The Morgan fingerprint density at radius 1 is 1.38 bits per heavy atom. The number of allylic oxidation sites excluding steroid dienone is 2. The Balaban J connectivity index is 2.02. The lowest BCUT2D eigenvalue weighted by Gasteiger charge is -2.30. The van der Waals surface area contributed by atoms with Crippen molar-refractivity contribution in [2.75, 3.05) is 0 Å². The van der Waals surface area contributed by atoms with E-state index in [4.69, 9.17) is 5.73 Å². The minimum absolute atomic E-state index is 0.339. The molecular formula is C12H19N. The maximum Gasteiger partial charge on any atom is 0.0297 e. The quantitative estimate of drug-likeness (QED) is 0.704. The number of rotatable bonds is 3. The molecule has 0 fully saturated rings. The van der Waals surface area contributed by atoms with Gasteiger partial charge in [0.05, 0.1) is 0 Å². The van der Waals surface area contributed by atoms with E-state index in [9.17, 15) is 0 Å². The van der Waals surface area contributed by atoms with Crippen LogP contribution < -0.4 is 5.73 Å². The molecule has 13 heavy (non-hydrogen) atoms. The van der Waals surface area contributed by atoms with Gasteiger partial charge in [0.2, 0.25) is 0 Å². The fraction of sp³-hybridized carbons (Fsp3) is 0.667. The van der Waals surface area contributed by atoms with Crippen LogP contribution in [0.5, 0.6) is 0 Å². The molecule has 0 saturated carbocycles. The molecular weight excluding hydrogens is 158 g/mol. The molecule has 2 aliphatic carbocycles. The molecule has 0 radical (unpaired) electrons. The van der Waals surface area contributed by atoms with Gasteiger partial charge >= 0.3 is 0 Å². The molecule has 0 amide bonds. The van der Waals surface area contributed by atoms with Crippen LogP contribution in [0.3, 0.4) is 0 Å². The SMILES string of the molecule is CCCC1CC=C1C1=CCC[C@H]1N. The van der Waals surface area contributed by atoms with E-state index in [0.717, 1.165) is 12.3 Å². The minimum atomic E-state index is 0.339. The molecule has 0 aromatic carbocycles. The third-order valence-corrected chi connectivity index (χ3v) is 3.27. The lowest BCUT2D eigenvalue weighted by Crippen LogP contribution is -2.25. The Labute approximate surface area is 80.7 Å². The van der Waals surface area contributed by atoms with Crippen LogP contribution in [0.4, 0.5) is 0 Å². The van der Waals surface area contributed by atoms with Crippen LogP contribution in [0.25, 0.3) is 0 Å². The molecule has 1 unspecified atom stereocenters. The number of hydrogen-bond acceptors (Lipinski definition) is 1. The average molecular weight is 177 g/mol. The summed E-state index contributed by atoms with van der Waals surface area (Å²) in [5.41, 5.74) is 9.08. The Morgan fingerprint density at radius 2 is 2.23 bits per heavy atom. The molecule has 2 N–H and O–H groups in total. The Hall–Kier alpha value is -0.560. The van der Waals surface area contributed by atoms with Gasteiger partial charge in [-0.3, -0.25) is 0 Å². The standard InChI is InChI=1S/C12H19N/c1-2-4-9-7-8-10(9)11-5-3-6-12(11)13/h5,8-9,12H,2-4,6-7,13H2,1H3/t9?,12-/m1/s1. The maximum atomic E-state index is 6.04. The van der Waals surface area contributed by atoms with E-state index in [-0.39, 0.29) is 0 Å². The zero-order chi connectivity index (χ0) is 9.26. The summed E-state index contributed by atoms with van der Waals surface area (Å²) in [6.45, 7) is 2.26. The van der Waals surface area contributed by atoms with Crippen LogP contribution in [0.1, 0.15) is 39.0 Å². The van der Waals surface area contributed by atoms with Gasteiger partial charge in [-0.2, -0.15) is 0 Å². The van der Waals surface area contributed by atoms with Crippen molar-refractivity contribution in [3.8, 4) is 0 Å². The minimum Gasteiger partial charge on any atom is -0.324 e. The van der Waals surface area contributed by atoms with Crippen LogP contribution in [0.2, 0.25) is 0 Å². The molecule has 72 valence electrons. The topological polar surface area (TPSA) is 26.0 Å². The predicted molar refractivity (Wildman–Crippen MR) is 56.4 cm³/mol. The molecule has 0 aromatic heterocycles. The summed E-state index contributed by atoms with van der Waals surface area (Å²) in [6, 6.07) is 0.339. The first kappa shape index (κ1) is 9.01. The normalized spacial score (nSPS) is 32.5. The second kappa shape index (κ2) is 3.67. The van der Waals surface area contributed by atoms with Crippen LogP contribution in [-0.4, -0.2) is 6.04 Å². The van der Waals surface area contributed by atoms with Crippen LogP contribution in [0, 0.1) is 5.92 Å². The summed E-state index contributed by atoms with van der Waals surface area (Å²) >= 11 is 0. The van der Waals surface area contributed by atoms with Crippen molar-refractivity contribution in [2.24, 2.45) is 11.7 Å². The summed E-state index contributed by atoms with van der Waals surface area (Å²) in [5.74, 6) is 0.834. The van der Waals surface area contributed by atoms with Gasteiger partial charge in [0.25, 0.3) is 0 Å². The van der Waals surface area contributed by atoms with Crippen molar-refractivity contribution in [2.45, 2.75) is 45.1 Å². The highest BCUT2D eigenvalue weighted by Gasteiger charge is 2.27. The first-order chi connectivity index (χ1) is 6.33. The monoisotopic (exact) mass is 177 g/mol. The maximum absolute atomic E-state index is 6.04. The smallest absolute Gasteiger partial charge is 0.0297 e. The number of hydrogen-bond donors (Lipinski definition) is 1. The van der Waals surface area contributed by atoms with Gasteiger partial charge in [-0.1, -0.05) is 25.5 Å². The van der Waals surface area contributed by atoms with Crippen LogP contribution in [-0.2, 0) is 0 Å². The van der Waals surface area contributed by atoms with Crippen molar-refractivity contribution >= 4 is 0 Å². The fourth-order valence-electron chi connectivity index (χ4n) is 2.43. The first-order valence-electron chi connectivity index (χ1n) is 5.49. The van der Waals surface area contributed by atoms with E-state index in [2.05, 4.69) is 19.1 Å². The molecule has 2 atom stereocenters. The van der Waals surface area contributed by atoms with E-state index in [0.29, 0.717) is 6.04 Å². The average Bonchev–Trinajstić information content (AvgIpc) is 2.46. The van der Waals surface area contributed by atoms with E-state index in [1.807, 2.05) is 0 Å². The van der Waals surface area contributed by atoms with Gasteiger partial charge in [0.15, 0.2) is 0 Å². The Kier molecular flexibility index (Phi) is 2.54. The van der Waals surface area contributed by atoms with Crippen molar-refractivity contribution in [3.05, 3.63) is 23.3 Å². The third-order valence-electron chi connectivity index (χ3n) is 3.27. The summed E-state index contributed by atoms with van der Waals surface area (Å²) < 4.78 is 0. The zero-order valence-corrected chi connectivity index (χ0v) is 8.42. The predicted octanol–water partition coefficient (Wildman–Crippen LogP) is 2.78. The molecule has 0 heterocycles. The van der Waals surface area contributed by atoms with E-state index in [1.165, 1.54) is 31.3 Å². The Morgan fingerprint density at radius 3 is 2.69 bits per heavy atom. The molecule has 0 aromatic rings. The first-order valence-corrected chi connectivity index (χ1v) is 5.49. The van der Waals surface area contributed by atoms with Crippen LogP contribution in [0.15, 0.2) is 23.3 Å². The Bertz CT molecular complexity index is 250.